The molecule has 0 fully saturated rings. The topological polar surface area (TPSA) is 56.1 Å². The summed E-state index contributed by atoms with van der Waals surface area (Å²) in [6.45, 7) is 3.30. The Morgan fingerprint density at radius 3 is 2.40 bits per heavy atom. The minimum atomic E-state index is -0.0891. The van der Waals surface area contributed by atoms with Crippen LogP contribution in [0.4, 0.5) is 0 Å². The monoisotopic (exact) mass is 252 g/mol. The quantitative estimate of drug-likeness (QED) is 0.309. The van der Waals surface area contributed by atoms with Gasteiger partial charge in [-0.05, 0) is 22.6 Å². The fraction of sp³-hybridized carbons (Fsp3) is 0.167. The Balaban J connectivity index is 4.42. The minimum Gasteiger partial charge on any atom is -0.508 e. The molecule has 3 N–H and O–H groups in total. The van der Waals surface area contributed by atoms with Crippen molar-refractivity contribution < 1.29 is 5.11 Å². The lowest BCUT2D eigenvalue weighted by Gasteiger charge is -2.00. The molecule has 0 aromatic heterocycles. The van der Waals surface area contributed by atoms with Crippen molar-refractivity contribution >= 4 is 26.3 Å². The number of halogens is 1. The van der Waals surface area contributed by atoms with E-state index in [2.05, 4.69) is 11.9 Å². The molecule has 0 aromatic carbocycles. The van der Waals surface area contributed by atoms with Gasteiger partial charge in [0.2, 0.25) is 0 Å². The number of rotatable bonds is 3. The van der Waals surface area contributed by atoms with Gasteiger partial charge in [-0.25, -0.2) is 0 Å². The highest BCUT2D eigenvalue weighted by Gasteiger charge is 2.02. The Morgan fingerprint density at radius 2 is 2.30 bits per heavy atom. The normalized spacial score (nSPS) is 10.8. The number of nitrogens with one attached hydrogen (secondary N) is 2. The molecule has 0 bridgehead atoms. The van der Waals surface area contributed by atoms with Crippen molar-refractivity contribution in [2.45, 2.75) is 0 Å². The molecule has 0 unspecified atom stereocenters. The average Bonchev–Trinajstić information content (AvgIpc) is 1.81. The summed E-state index contributed by atoms with van der Waals surface area (Å²) in [4.78, 5) is 0. The van der Waals surface area contributed by atoms with Gasteiger partial charge in [0.25, 0.3) is 0 Å². The summed E-state index contributed by atoms with van der Waals surface area (Å²) in [5.41, 5.74) is 0.420. The van der Waals surface area contributed by atoms with Crippen molar-refractivity contribution in [2.24, 2.45) is 0 Å². The summed E-state index contributed by atoms with van der Waals surface area (Å²) >= 11 is 1.80. The van der Waals surface area contributed by atoms with E-state index in [1.807, 2.05) is 0 Å². The van der Waals surface area contributed by atoms with Crippen LogP contribution in [0.25, 0.3) is 0 Å². The van der Waals surface area contributed by atoms with Crippen LogP contribution in [-0.4, -0.2) is 15.9 Å². The van der Waals surface area contributed by atoms with Crippen LogP contribution in [-0.2, 0) is 0 Å². The zero-order valence-electron chi connectivity index (χ0n) is 5.61. The van der Waals surface area contributed by atoms with Gasteiger partial charge in [-0.3, -0.25) is 5.41 Å². The van der Waals surface area contributed by atoms with E-state index in [9.17, 15) is 0 Å². The maximum absolute atomic E-state index is 8.87. The van der Waals surface area contributed by atoms with E-state index in [-0.39, 0.29) is 9.48 Å². The Morgan fingerprint density at radius 1 is 1.80 bits per heavy atom. The standard InChI is InChI=1S/C6H9IN2O/c1-4(10)5(3-9-2)6(7)8/h3,8-10H,1H2,2H3/b5-3-,8-6?. The highest BCUT2D eigenvalue weighted by atomic mass is 127. The average molecular weight is 252 g/mol. The Labute approximate surface area is 73.5 Å². The SMILES string of the molecule is C=C(O)/C(=C/NC)C(=N)I. The largest absolute Gasteiger partial charge is 0.508 e. The summed E-state index contributed by atoms with van der Waals surface area (Å²) in [6.07, 6.45) is 1.52. The minimum absolute atomic E-state index is 0.0891. The van der Waals surface area contributed by atoms with Crippen LogP contribution in [0.15, 0.2) is 24.1 Å². The van der Waals surface area contributed by atoms with Crippen LogP contribution >= 0.6 is 22.6 Å². The van der Waals surface area contributed by atoms with Gasteiger partial charge >= 0.3 is 0 Å². The highest BCUT2D eigenvalue weighted by molar-refractivity contribution is 14.1. The van der Waals surface area contributed by atoms with Crippen molar-refractivity contribution in [1.82, 2.24) is 5.32 Å². The first kappa shape index (κ1) is 9.48. The molecule has 56 valence electrons. The van der Waals surface area contributed by atoms with Crippen molar-refractivity contribution in [3.05, 3.63) is 24.1 Å². The van der Waals surface area contributed by atoms with Gasteiger partial charge in [0, 0.05) is 13.2 Å². The molecule has 10 heavy (non-hydrogen) atoms. The molecule has 0 spiro atoms. The molecule has 0 aliphatic rings. The van der Waals surface area contributed by atoms with Crippen LogP contribution in [0.1, 0.15) is 0 Å². The molecule has 0 radical (unpaired) electrons. The predicted molar refractivity (Wildman–Crippen MR) is 50.7 cm³/mol. The van der Waals surface area contributed by atoms with E-state index in [1.54, 1.807) is 29.6 Å². The van der Waals surface area contributed by atoms with E-state index in [0.717, 1.165) is 0 Å². The predicted octanol–water partition coefficient (Wildman–Crippen LogP) is 1.57. The third-order valence-electron chi connectivity index (χ3n) is 0.836. The van der Waals surface area contributed by atoms with Crippen molar-refractivity contribution in [1.29, 1.82) is 5.41 Å². The number of hydrogen-bond donors (Lipinski definition) is 3. The van der Waals surface area contributed by atoms with E-state index < -0.39 is 0 Å². The van der Waals surface area contributed by atoms with E-state index in [1.165, 1.54) is 6.20 Å². The molecule has 0 amide bonds. The molecule has 0 aliphatic heterocycles. The summed E-state index contributed by atoms with van der Waals surface area (Å²) in [5.74, 6) is -0.0891. The zero-order valence-corrected chi connectivity index (χ0v) is 7.77. The lowest BCUT2D eigenvalue weighted by molar-refractivity contribution is 0.430. The summed E-state index contributed by atoms with van der Waals surface area (Å²) < 4.78 is 0.263. The second kappa shape index (κ2) is 4.32. The van der Waals surface area contributed by atoms with Crippen LogP contribution < -0.4 is 5.32 Å². The molecule has 3 nitrogen and oxygen atoms in total. The molecule has 4 heteroatoms. The zero-order chi connectivity index (χ0) is 8.15. The molecule has 0 rings (SSSR count). The number of allylic oxidation sites excluding steroid dienone is 1. The van der Waals surface area contributed by atoms with Crippen LogP contribution in [0.5, 0.6) is 0 Å². The molecule has 0 atom stereocenters. The van der Waals surface area contributed by atoms with Gasteiger partial charge in [0.05, 0.1) is 5.57 Å². The first-order valence-corrected chi connectivity index (χ1v) is 3.67. The second-order valence-electron chi connectivity index (χ2n) is 1.61. The molecule has 0 aliphatic carbocycles. The Hall–Kier alpha value is -0.520. The molecule has 0 aromatic rings. The number of hydrogen-bond acceptors (Lipinski definition) is 3. The maximum atomic E-state index is 8.87. The van der Waals surface area contributed by atoms with Gasteiger partial charge in [0.15, 0.2) is 0 Å². The first-order chi connectivity index (χ1) is 4.59. The highest BCUT2D eigenvalue weighted by Crippen LogP contribution is 2.08. The maximum Gasteiger partial charge on any atom is 0.119 e. The van der Waals surface area contributed by atoms with Crippen molar-refractivity contribution in [3.63, 3.8) is 0 Å². The second-order valence-corrected chi connectivity index (χ2v) is 2.69. The molecule has 0 saturated heterocycles. The van der Waals surface area contributed by atoms with Crippen LogP contribution in [0.3, 0.4) is 0 Å². The third kappa shape index (κ3) is 2.86. The first-order valence-electron chi connectivity index (χ1n) is 2.59. The summed E-state index contributed by atoms with van der Waals surface area (Å²) in [5, 5.41) is 18.7. The van der Waals surface area contributed by atoms with Crippen LogP contribution in [0, 0.1) is 5.41 Å². The summed E-state index contributed by atoms with van der Waals surface area (Å²) in [7, 11) is 1.70. The molecular formula is C6H9IN2O. The van der Waals surface area contributed by atoms with E-state index in [4.69, 9.17) is 10.5 Å². The smallest absolute Gasteiger partial charge is 0.119 e. The number of aliphatic hydroxyl groups is 1. The Kier molecular flexibility index (Phi) is 4.10. The van der Waals surface area contributed by atoms with Crippen molar-refractivity contribution in [3.8, 4) is 0 Å². The van der Waals surface area contributed by atoms with Gasteiger partial charge in [0.1, 0.15) is 9.48 Å². The molecule has 0 saturated carbocycles. The van der Waals surface area contributed by atoms with E-state index in [0.29, 0.717) is 5.57 Å². The Bertz CT molecular complexity index is 170. The van der Waals surface area contributed by atoms with Gasteiger partial charge in [-0.15, -0.1) is 0 Å². The van der Waals surface area contributed by atoms with Crippen LogP contribution in [0.2, 0.25) is 0 Å². The summed E-state index contributed by atoms with van der Waals surface area (Å²) in [6, 6.07) is 0. The van der Waals surface area contributed by atoms with E-state index >= 15 is 0 Å². The van der Waals surface area contributed by atoms with Crippen molar-refractivity contribution in [2.75, 3.05) is 7.05 Å². The third-order valence-corrected chi connectivity index (χ3v) is 1.42. The lowest BCUT2D eigenvalue weighted by atomic mass is 10.3. The molecule has 0 heterocycles. The fourth-order valence-corrected chi connectivity index (χ4v) is 0.885. The number of aliphatic hydroxyl groups excluding tert-OH is 1. The lowest BCUT2D eigenvalue weighted by Crippen LogP contribution is -2.02. The van der Waals surface area contributed by atoms with Gasteiger partial charge < -0.3 is 10.4 Å². The molecular weight excluding hydrogens is 243 g/mol. The van der Waals surface area contributed by atoms with Gasteiger partial charge in [-0.2, -0.15) is 0 Å². The fourth-order valence-electron chi connectivity index (χ4n) is 0.418. The van der Waals surface area contributed by atoms with Gasteiger partial charge in [-0.1, -0.05) is 6.58 Å².